The van der Waals surface area contributed by atoms with E-state index < -0.39 is 0 Å². The molecule has 8 heteroatoms. The number of ether oxygens (including phenoxy) is 3. The Balaban J connectivity index is 1.32. The van der Waals surface area contributed by atoms with Crippen LogP contribution in [0.4, 0.5) is 4.39 Å². The van der Waals surface area contributed by atoms with Crippen molar-refractivity contribution >= 4 is 16.8 Å². The standard InChI is InChI=1S/C38H40FN3O4/c1-44-36-16-13-30(23-37(36)46-27-29-7-3-2-4-8-29)33(24-38(43)40-17-18-41-19-21-45-22-20-41)34-26-42(35-10-6-5-9-32(34)35)25-28-11-14-31(39)15-12-28/h2-16,23,26,33H,17-22,24-25,27H2,1H3,(H,40,43)/t33-/m0/s1. The maximum atomic E-state index is 13.7. The molecule has 1 amide bonds. The van der Waals surface area contributed by atoms with Crippen molar-refractivity contribution in [1.82, 2.24) is 14.8 Å². The number of morpholine rings is 1. The molecule has 1 N–H and O–H groups in total. The Hall–Kier alpha value is -4.66. The van der Waals surface area contributed by atoms with E-state index in [-0.39, 0.29) is 24.1 Å². The highest BCUT2D eigenvalue weighted by Gasteiger charge is 2.24. The van der Waals surface area contributed by atoms with Gasteiger partial charge in [-0.2, -0.15) is 0 Å². The number of nitrogens with zero attached hydrogens (tertiary/aromatic N) is 2. The van der Waals surface area contributed by atoms with Crippen molar-refractivity contribution in [3.05, 3.63) is 131 Å². The van der Waals surface area contributed by atoms with Crippen molar-refractivity contribution in [1.29, 1.82) is 0 Å². The predicted molar refractivity (Wildman–Crippen MR) is 178 cm³/mol. The Morgan fingerprint density at radius 1 is 0.913 bits per heavy atom. The lowest BCUT2D eigenvalue weighted by molar-refractivity contribution is -0.121. The Morgan fingerprint density at radius 3 is 2.46 bits per heavy atom. The number of hydrogen-bond acceptors (Lipinski definition) is 5. The van der Waals surface area contributed by atoms with Crippen molar-refractivity contribution in [2.45, 2.75) is 25.5 Å². The van der Waals surface area contributed by atoms with Gasteiger partial charge in [0.15, 0.2) is 11.5 Å². The molecule has 0 saturated carbocycles. The maximum Gasteiger partial charge on any atom is 0.220 e. The first kappa shape index (κ1) is 31.3. The summed E-state index contributed by atoms with van der Waals surface area (Å²) in [5, 5.41) is 4.23. The summed E-state index contributed by atoms with van der Waals surface area (Å²) in [4.78, 5) is 15.9. The Morgan fingerprint density at radius 2 is 1.67 bits per heavy atom. The molecule has 1 saturated heterocycles. The molecule has 0 spiro atoms. The van der Waals surface area contributed by atoms with Gasteiger partial charge in [0.2, 0.25) is 5.91 Å². The number of fused-ring (bicyclic) bond motifs is 1. The van der Waals surface area contributed by atoms with Crippen LogP contribution in [0.1, 0.15) is 34.6 Å². The normalized spacial score (nSPS) is 14.2. The van der Waals surface area contributed by atoms with Crippen LogP contribution < -0.4 is 14.8 Å². The van der Waals surface area contributed by atoms with Crippen molar-refractivity contribution < 1.29 is 23.4 Å². The molecular formula is C38H40FN3O4. The third-order valence-electron chi connectivity index (χ3n) is 8.53. The Bertz CT molecular complexity index is 1730. The van der Waals surface area contributed by atoms with Crippen LogP contribution in [0.2, 0.25) is 0 Å². The highest BCUT2D eigenvalue weighted by atomic mass is 19.1. The first-order valence-corrected chi connectivity index (χ1v) is 15.8. The average Bonchev–Trinajstić information content (AvgIpc) is 3.46. The first-order valence-electron chi connectivity index (χ1n) is 15.8. The van der Waals surface area contributed by atoms with Gasteiger partial charge in [-0.25, -0.2) is 4.39 Å². The fourth-order valence-corrected chi connectivity index (χ4v) is 6.07. The molecule has 4 aromatic carbocycles. The largest absolute Gasteiger partial charge is 0.493 e. The summed E-state index contributed by atoms with van der Waals surface area (Å²) in [6, 6.07) is 30.8. The molecule has 0 aliphatic carbocycles. The van der Waals surface area contributed by atoms with Crippen molar-refractivity contribution in [2.24, 2.45) is 0 Å². The molecule has 0 bridgehead atoms. The van der Waals surface area contributed by atoms with Gasteiger partial charge in [-0.05, 0) is 52.6 Å². The molecule has 0 radical (unpaired) electrons. The maximum absolute atomic E-state index is 13.7. The van der Waals surface area contributed by atoms with Crippen molar-refractivity contribution in [3.63, 3.8) is 0 Å². The highest BCUT2D eigenvalue weighted by Crippen LogP contribution is 2.39. The number of aromatic nitrogens is 1. The van der Waals surface area contributed by atoms with Crippen LogP contribution in [0, 0.1) is 5.82 Å². The molecule has 46 heavy (non-hydrogen) atoms. The Kier molecular flexibility index (Phi) is 10.3. The number of nitrogens with one attached hydrogen (secondary N) is 1. The number of rotatable bonds is 13. The van der Waals surface area contributed by atoms with Gasteiger partial charge >= 0.3 is 0 Å². The fourth-order valence-electron chi connectivity index (χ4n) is 6.07. The molecule has 0 unspecified atom stereocenters. The predicted octanol–water partition coefficient (Wildman–Crippen LogP) is 6.39. The van der Waals surface area contributed by atoms with Gasteiger partial charge < -0.3 is 24.1 Å². The number of methoxy groups -OCH3 is 1. The number of hydrogen-bond donors (Lipinski definition) is 1. The zero-order valence-electron chi connectivity index (χ0n) is 26.2. The number of halogens is 1. The summed E-state index contributed by atoms with van der Waals surface area (Å²) in [5.74, 6) is 0.721. The van der Waals surface area contributed by atoms with E-state index >= 15 is 0 Å². The van der Waals surface area contributed by atoms with Gasteiger partial charge in [0.25, 0.3) is 0 Å². The number of carbonyl (C=O) groups is 1. The van der Waals surface area contributed by atoms with Crippen LogP contribution in [0.5, 0.6) is 11.5 Å². The van der Waals surface area contributed by atoms with E-state index in [4.69, 9.17) is 14.2 Å². The van der Waals surface area contributed by atoms with Gasteiger partial charge in [0.05, 0.1) is 20.3 Å². The van der Waals surface area contributed by atoms with Crippen LogP contribution >= 0.6 is 0 Å². The molecule has 1 aromatic heterocycles. The lowest BCUT2D eigenvalue weighted by Gasteiger charge is -2.26. The molecule has 7 nitrogen and oxygen atoms in total. The number of benzene rings is 4. The van der Waals surface area contributed by atoms with E-state index in [0.717, 1.165) is 66.0 Å². The van der Waals surface area contributed by atoms with E-state index in [1.54, 1.807) is 7.11 Å². The minimum Gasteiger partial charge on any atom is -0.493 e. The second kappa shape index (κ2) is 15.1. The van der Waals surface area contributed by atoms with Gasteiger partial charge in [-0.15, -0.1) is 0 Å². The summed E-state index contributed by atoms with van der Waals surface area (Å²) >= 11 is 0. The molecule has 1 aliphatic rings. The van der Waals surface area contributed by atoms with E-state index in [1.165, 1.54) is 12.1 Å². The van der Waals surface area contributed by atoms with E-state index in [2.05, 4.69) is 33.1 Å². The minimum atomic E-state index is -0.258. The first-order chi connectivity index (χ1) is 22.6. The van der Waals surface area contributed by atoms with Crippen molar-refractivity contribution in [2.75, 3.05) is 46.5 Å². The van der Waals surface area contributed by atoms with Crippen LogP contribution in [-0.4, -0.2) is 61.9 Å². The van der Waals surface area contributed by atoms with Crippen LogP contribution in [0.15, 0.2) is 103 Å². The minimum absolute atomic E-state index is 0.0174. The molecule has 1 aliphatic heterocycles. The molecule has 5 aromatic rings. The average molecular weight is 622 g/mol. The van der Waals surface area contributed by atoms with E-state index in [0.29, 0.717) is 31.2 Å². The molecule has 2 heterocycles. The monoisotopic (exact) mass is 621 g/mol. The van der Waals surface area contributed by atoms with Crippen LogP contribution in [0.25, 0.3) is 10.9 Å². The lowest BCUT2D eigenvalue weighted by atomic mass is 9.87. The SMILES string of the molecule is COc1ccc([C@H](CC(=O)NCCN2CCOCC2)c2cn(Cc3ccc(F)cc3)c3ccccc23)cc1OCc1ccccc1. The molecule has 238 valence electrons. The van der Waals surface area contributed by atoms with Gasteiger partial charge in [-0.1, -0.05) is 66.7 Å². The smallest absolute Gasteiger partial charge is 0.220 e. The topological polar surface area (TPSA) is 65.0 Å². The molecule has 1 fully saturated rings. The summed E-state index contributed by atoms with van der Waals surface area (Å²) in [6.45, 7) is 5.54. The number of carbonyl (C=O) groups excluding carboxylic acids is 1. The summed E-state index contributed by atoms with van der Waals surface area (Å²) in [6.07, 6.45) is 2.40. The zero-order valence-corrected chi connectivity index (χ0v) is 26.2. The number of amides is 1. The quantitative estimate of drug-likeness (QED) is 0.165. The highest BCUT2D eigenvalue weighted by molar-refractivity contribution is 5.87. The lowest BCUT2D eigenvalue weighted by Crippen LogP contribution is -2.41. The molecule has 6 rings (SSSR count). The van der Waals surface area contributed by atoms with Crippen LogP contribution in [-0.2, 0) is 22.7 Å². The van der Waals surface area contributed by atoms with Crippen molar-refractivity contribution in [3.8, 4) is 11.5 Å². The molecule has 1 atom stereocenters. The van der Waals surface area contributed by atoms with Gasteiger partial charge in [0.1, 0.15) is 12.4 Å². The molecular weight excluding hydrogens is 581 g/mol. The third kappa shape index (κ3) is 7.76. The third-order valence-corrected chi connectivity index (χ3v) is 8.53. The van der Waals surface area contributed by atoms with Gasteiger partial charge in [-0.3, -0.25) is 9.69 Å². The van der Waals surface area contributed by atoms with Gasteiger partial charge in [0, 0.05) is 62.2 Å². The van der Waals surface area contributed by atoms with E-state index in [9.17, 15) is 9.18 Å². The second-order valence-electron chi connectivity index (χ2n) is 11.6. The second-order valence-corrected chi connectivity index (χ2v) is 11.6. The summed E-state index contributed by atoms with van der Waals surface area (Å²) in [7, 11) is 1.63. The van der Waals surface area contributed by atoms with Crippen LogP contribution in [0.3, 0.4) is 0 Å². The van der Waals surface area contributed by atoms with E-state index in [1.807, 2.05) is 72.8 Å². The summed E-state index contributed by atoms with van der Waals surface area (Å²) in [5.41, 5.74) is 5.09. The summed E-state index contributed by atoms with van der Waals surface area (Å²) < 4.78 is 33.2. The number of para-hydroxylation sites is 1. The Labute approximate surface area is 269 Å². The fraction of sp³-hybridized carbons (Fsp3) is 0.289. The zero-order chi connectivity index (χ0) is 31.7.